The number of likely N-dealkylation sites (tertiary alicyclic amines) is 1. The molecule has 160 valence electrons. The molecular weight excluding hydrogens is 433 g/mol. The smallest absolute Gasteiger partial charge is 0.192 e. The lowest BCUT2D eigenvalue weighted by molar-refractivity contribution is 0.329. The quantitative estimate of drug-likeness (QED) is 0.612. The van der Waals surface area contributed by atoms with Gasteiger partial charge in [-0.15, -0.1) is 0 Å². The highest BCUT2D eigenvalue weighted by molar-refractivity contribution is 8.00. The fourth-order valence-electron chi connectivity index (χ4n) is 4.00. The monoisotopic (exact) mass is 455 g/mol. The Morgan fingerprint density at radius 1 is 1.26 bits per heavy atom. The first-order chi connectivity index (χ1) is 15.1. The van der Waals surface area contributed by atoms with Crippen molar-refractivity contribution in [3.63, 3.8) is 0 Å². The number of anilines is 2. The summed E-state index contributed by atoms with van der Waals surface area (Å²) in [6, 6.07) is 8.32. The number of imidazole rings is 1. The number of rotatable bonds is 5. The van der Waals surface area contributed by atoms with Gasteiger partial charge < -0.3 is 4.90 Å². The number of nitriles is 1. The maximum absolute atomic E-state index is 13.3. The van der Waals surface area contributed by atoms with Crippen molar-refractivity contribution >= 4 is 34.0 Å². The molecule has 1 aromatic carbocycles. The second-order valence-corrected chi connectivity index (χ2v) is 9.57. The summed E-state index contributed by atoms with van der Waals surface area (Å²) in [5.74, 6) is 0.629. The van der Waals surface area contributed by atoms with Gasteiger partial charge in [0.2, 0.25) is 0 Å². The normalized spacial score (nSPS) is 18.1. The number of aromatic nitrogens is 3. The van der Waals surface area contributed by atoms with Crippen molar-refractivity contribution in [2.45, 2.75) is 36.8 Å². The predicted molar refractivity (Wildman–Crippen MR) is 122 cm³/mol. The molecule has 2 aliphatic rings. The Bertz CT molecular complexity index is 1140. The van der Waals surface area contributed by atoms with Crippen LogP contribution in [0.4, 0.5) is 15.3 Å². The molecule has 2 aliphatic heterocycles. The predicted octanol–water partition coefficient (Wildman–Crippen LogP) is 4.38. The summed E-state index contributed by atoms with van der Waals surface area (Å²) in [5, 5.41) is 11.3. The van der Waals surface area contributed by atoms with Crippen LogP contribution in [0, 0.1) is 17.1 Å². The molecule has 31 heavy (non-hydrogen) atoms. The van der Waals surface area contributed by atoms with E-state index in [1.807, 2.05) is 11.9 Å². The molecule has 1 unspecified atom stereocenters. The average Bonchev–Trinajstić information content (AvgIpc) is 3.55. The standard InChI is InChI=1S/C21H22FN7S2/c1-3-15-18(29-20(24-15)31-21(26-29)28-10-4-5-11-28)27(2)19-25-17(16(12-23)30-19)13-6-8-14(22)9-7-13/h6-9,21,26H,3-5,10-11H2,1-2H3. The van der Waals surface area contributed by atoms with Crippen LogP contribution in [0.5, 0.6) is 0 Å². The van der Waals surface area contributed by atoms with E-state index >= 15 is 0 Å². The van der Waals surface area contributed by atoms with Gasteiger partial charge in [-0.05, 0) is 55.3 Å². The van der Waals surface area contributed by atoms with Gasteiger partial charge in [0, 0.05) is 25.7 Å². The number of nitrogens with one attached hydrogen (secondary N) is 1. The molecule has 1 fully saturated rings. The Morgan fingerprint density at radius 3 is 2.68 bits per heavy atom. The molecule has 0 amide bonds. The maximum Gasteiger partial charge on any atom is 0.192 e. The number of aryl methyl sites for hydroxylation is 1. The molecule has 0 spiro atoms. The molecule has 1 atom stereocenters. The van der Waals surface area contributed by atoms with Crippen LogP contribution in [0.1, 0.15) is 30.3 Å². The van der Waals surface area contributed by atoms with Gasteiger partial charge in [0.25, 0.3) is 0 Å². The number of thiazole rings is 1. The molecule has 1 saturated heterocycles. The molecule has 4 heterocycles. The van der Waals surface area contributed by atoms with E-state index < -0.39 is 0 Å². The van der Waals surface area contributed by atoms with Crippen molar-refractivity contribution in [3.8, 4) is 17.3 Å². The molecule has 2 aromatic heterocycles. The van der Waals surface area contributed by atoms with Crippen molar-refractivity contribution in [3.05, 3.63) is 40.7 Å². The number of nitrogens with zero attached hydrogens (tertiary/aromatic N) is 6. The van der Waals surface area contributed by atoms with Crippen LogP contribution in [0.2, 0.25) is 0 Å². The van der Waals surface area contributed by atoms with Gasteiger partial charge in [0.05, 0.1) is 5.69 Å². The van der Waals surface area contributed by atoms with Gasteiger partial charge in [-0.1, -0.05) is 18.3 Å². The molecule has 10 heteroatoms. The van der Waals surface area contributed by atoms with Crippen LogP contribution in [0.3, 0.4) is 0 Å². The Morgan fingerprint density at radius 2 is 2.00 bits per heavy atom. The van der Waals surface area contributed by atoms with Crippen LogP contribution in [-0.4, -0.2) is 45.2 Å². The molecule has 0 radical (unpaired) electrons. The van der Waals surface area contributed by atoms with E-state index in [1.54, 1.807) is 23.9 Å². The van der Waals surface area contributed by atoms with Crippen LogP contribution >= 0.6 is 23.1 Å². The number of thioether (sulfide) groups is 1. The van der Waals surface area contributed by atoms with E-state index in [0.717, 1.165) is 41.7 Å². The van der Waals surface area contributed by atoms with Crippen molar-refractivity contribution in [2.75, 3.05) is 30.5 Å². The minimum Gasteiger partial charge on any atom is -0.304 e. The summed E-state index contributed by atoms with van der Waals surface area (Å²) in [5.41, 5.74) is 6.06. The third-order valence-corrected chi connectivity index (χ3v) is 7.74. The topological polar surface area (TPSA) is 73.0 Å². The zero-order valence-electron chi connectivity index (χ0n) is 17.3. The Balaban J connectivity index is 1.49. The second-order valence-electron chi connectivity index (χ2n) is 7.55. The summed E-state index contributed by atoms with van der Waals surface area (Å²) in [6.07, 6.45) is 3.25. The molecule has 7 nitrogen and oxygen atoms in total. The van der Waals surface area contributed by atoms with Gasteiger partial charge in [0.1, 0.15) is 28.0 Å². The fourth-order valence-corrected chi connectivity index (χ4v) is 5.98. The van der Waals surface area contributed by atoms with Gasteiger partial charge in [-0.3, -0.25) is 10.3 Å². The second kappa shape index (κ2) is 8.15. The van der Waals surface area contributed by atoms with Crippen molar-refractivity contribution < 1.29 is 4.39 Å². The van der Waals surface area contributed by atoms with Crippen molar-refractivity contribution in [1.29, 1.82) is 5.26 Å². The molecule has 0 aliphatic carbocycles. The number of fused-ring (bicyclic) bond motifs is 1. The average molecular weight is 456 g/mol. The zero-order valence-corrected chi connectivity index (χ0v) is 18.9. The van der Waals surface area contributed by atoms with Crippen LogP contribution in [0.25, 0.3) is 11.3 Å². The first kappa shape index (κ1) is 20.3. The molecule has 5 rings (SSSR count). The molecule has 1 N–H and O–H groups in total. The zero-order chi connectivity index (χ0) is 21.5. The molecule has 3 aromatic rings. The van der Waals surface area contributed by atoms with Gasteiger partial charge in [-0.2, -0.15) is 5.26 Å². The number of hydrogen-bond donors (Lipinski definition) is 1. The number of benzene rings is 1. The van der Waals surface area contributed by atoms with Crippen LogP contribution in [-0.2, 0) is 6.42 Å². The Labute approximate surface area is 188 Å². The van der Waals surface area contributed by atoms with Crippen LogP contribution in [0.15, 0.2) is 29.4 Å². The van der Waals surface area contributed by atoms with E-state index in [0.29, 0.717) is 15.7 Å². The lowest BCUT2D eigenvalue weighted by atomic mass is 10.1. The number of halogens is 1. The van der Waals surface area contributed by atoms with Crippen LogP contribution < -0.4 is 10.3 Å². The number of hydrogen-bond acceptors (Lipinski definition) is 8. The molecule has 0 bridgehead atoms. The van der Waals surface area contributed by atoms with E-state index in [1.165, 1.54) is 36.3 Å². The Hall–Kier alpha value is -2.61. The summed E-state index contributed by atoms with van der Waals surface area (Å²) < 4.78 is 15.4. The summed E-state index contributed by atoms with van der Waals surface area (Å²) in [4.78, 5) is 14.5. The summed E-state index contributed by atoms with van der Waals surface area (Å²) in [7, 11) is 1.95. The van der Waals surface area contributed by atoms with Gasteiger partial charge in [0.15, 0.2) is 16.1 Å². The third kappa shape index (κ3) is 3.56. The lowest BCUT2D eigenvalue weighted by Crippen LogP contribution is -2.37. The Kier molecular flexibility index (Phi) is 5.33. The minimum atomic E-state index is -0.312. The summed E-state index contributed by atoms with van der Waals surface area (Å²) >= 11 is 3.07. The highest BCUT2D eigenvalue weighted by atomic mass is 32.2. The SMILES string of the molecule is CCc1nc2n(c1N(C)c1nc(-c3ccc(F)cc3)c(C#N)s1)NC(N1CCCC1)S2. The van der Waals surface area contributed by atoms with Crippen molar-refractivity contribution in [1.82, 2.24) is 19.5 Å². The van der Waals surface area contributed by atoms with Gasteiger partial charge >= 0.3 is 0 Å². The fraction of sp³-hybridized carbons (Fsp3) is 0.381. The first-order valence-electron chi connectivity index (χ1n) is 10.3. The van der Waals surface area contributed by atoms with E-state index in [4.69, 9.17) is 9.97 Å². The third-order valence-electron chi connectivity index (χ3n) is 5.60. The van der Waals surface area contributed by atoms with E-state index in [2.05, 4.69) is 28.0 Å². The molecular formula is C21H22FN7S2. The van der Waals surface area contributed by atoms with Gasteiger partial charge in [-0.25, -0.2) is 19.0 Å². The van der Waals surface area contributed by atoms with E-state index in [-0.39, 0.29) is 11.3 Å². The molecule has 0 saturated carbocycles. The highest BCUT2D eigenvalue weighted by Gasteiger charge is 2.34. The van der Waals surface area contributed by atoms with Crippen molar-refractivity contribution in [2.24, 2.45) is 0 Å². The largest absolute Gasteiger partial charge is 0.304 e. The summed E-state index contributed by atoms with van der Waals surface area (Å²) in [6.45, 7) is 4.28. The lowest BCUT2D eigenvalue weighted by Gasteiger charge is -2.24. The highest BCUT2D eigenvalue weighted by Crippen LogP contribution is 2.41. The minimum absolute atomic E-state index is 0.184. The first-order valence-corrected chi connectivity index (χ1v) is 12.0. The van der Waals surface area contributed by atoms with E-state index in [9.17, 15) is 9.65 Å². The maximum atomic E-state index is 13.3.